The molecular weight excluding hydrogens is 316 g/mol. The van der Waals surface area contributed by atoms with E-state index in [9.17, 15) is 0 Å². The third kappa shape index (κ3) is 3.82. The van der Waals surface area contributed by atoms with E-state index < -0.39 is 0 Å². The number of nitrogens with zero attached hydrogens (tertiary/aromatic N) is 6. The molecule has 2 saturated heterocycles. The van der Waals surface area contributed by atoms with E-state index >= 15 is 0 Å². The van der Waals surface area contributed by atoms with Gasteiger partial charge in [0.25, 0.3) is 0 Å². The van der Waals surface area contributed by atoms with Crippen LogP contribution in [0.2, 0.25) is 0 Å². The molecule has 0 saturated carbocycles. The smallest absolute Gasteiger partial charge is 0.151 e. The van der Waals surface area contributed by atoms with Gasteiger partial charge in [-0.3, -0.25) is 9.58 Å². The fourth-order valence-electron chi connectivity index (χ4n) is 3.78. The normalized spacial score (nSPS) is 20.6. The number of hydrogen-bond donors (Lipinski definition) is 0. The van der Waals surface area contributed by atoms with E-state index in [1.807, 2.05) is 25.5 Å². The van der Waals surface area contributed by atoms with Gasteiger partial charge in [0.15, 0.2) is 5.82 Å². The second-order valence-electron chi connectivity index (χ2n) is 6.90. The first-order chi connectivity index (χ1) is 12.3. The van der Waals surface area contributed by atoms with E-state index in [1.54, 1.807) is 4.68 Å². The van der Waals surface area contributed by atoms with Gasteiger partial charge in [-0.15, -0.1) is 10.2 Å². The Morgan fingerprint density at radius 2 is 1.92 bits per heavy atom. The fraction of sp³-hybridized carbons (Fsp3) is 0.611. The molecule has 2 aliphatic heterocycles. The van der Waals surface area contributed by atoms with Gasteiger partial charge in [-0.1, -0.05) is 0 Å². The minimum Gasteiger partial charge on any atom is -0.381 e. The average molecular weight is 342 g/mol. The third-order valence-electron chi connectivity index (χ3n) is 5.21. The van der Waals surface area contributed by atoms with Crippen LogP contribution >= 0.6 is 0 Å². The van der Waals surface area contributed by atoms with Crippen LogP contribution in [0.15, 0.2) is 24.5 Å². The fourth-order valence-corrected chi connectivity index (χ4v) is 3.78. The summed E-state index contributed by atoms with van der Waals surface area (Å²) in [5.74, 6) is 0.974. The zero-order chi connectivity index (χ0) is 17.1. The van der Waals surface area contributed by atoms with Crippen LogP contribution in [-0.2, 0) is 11.8 Å². The second-order valence-corrected chi connectivity index (χ2v) is 6.90. The summed E-state index contributed by atoms with van der Waals surface area (Å²) in [4.78, 5) is 5.00. The lowest BCUT2D eigenvalue weighted by Crippen LogP contribution is -2.41. The van der Waals surface area contributed by atoms with Crippen molar-refractivity contribution < 1.29 is 4.74 Å². The Morgan fingerprint density at radius 1 is 1.04 bits per heavy atom. The predicted molar refractivity (Wildman–Crippen MR) is 96.5 cm³/mol. The monoisotopic (exact) mass is 342 g/mol. The molecule has 4 rings (SSSR count). The summed E-state index contributed by atoms with van der Waals surface area (Å²) in [6.45, 7) is 6.14. The molecule has 2 aromatic heterocycles. The van der Waals surface area contributed by atoms with Crippen molar-refractivity contribution in [3.63, 3.8) is 0 Å². The largest absolute Gasteiger partial charge is 0.381 e. The quantitative estimate of drug-likeness (QED) is 0.844. The van der Waals surface area contributed by atoms with Gasteiger partial charge in [-0.05, 0) is 31.4 Å². The molecule has 7 nitrogen and oxygen atoms in total. The maximum atomic E-state index is 5.50. The zero-order valence-electron chi connectivity index (χ0n) is 14.8. The molecule has 0 bridgehead atoms. The second kappa shape index (κ2) is 7.49. The minimum atomic E-state index is 0.688. The lowest BCUT2D eigenvalue weighted by atomic mass is 10.1. The summed E-state index contributed by atoms with van der Waals surface area (Å²) in [6.07, 6.45) is 7.28. The van der Waals surface area contributed by atoms with Crippen molar-refractivity contribution in [1.29, 1.82) is 0 Å². The number of aryl methyl sites for hydroxylation is 1. The van der Waals surface area contributed by atoms with Gasteiger partial charge in [0.2, 0.25) is 0 Å². The van der Waals surface area contributed by atoms with Gasteiger partial charge in [0.1, 0.15) is 0 Å². The summed E-state index contributed by atoms with van der Waals surface area (Å²) >= 11 is 0. The summed E-state index contributed by atoms with van der Waals surface area (Å²) in [5, 5.41) is 13.1. The lowest BCUT2D eigenvalue weighted by Gasteiger charge is -2.33. The highest BCUT2D eigenvalue weighted by molar-refractivity contribution is 5.57. The summed E-state index contributed by atoms with van der Waals surface area (Å²) in [7, 11) is 1.91. The van der Waals surface area contributed by atoms with E-state index in [-0.39, 0.29) is 0 Å². The molecule has 0 aromatic carbocycles. The first-order valence-electron chi connectivity index (χ1n) is 9.19. The third-order valence-corrected chi connectivity index (χ3v) is 5.21. The molecule has 2 fully saturated rings. The van der Waals surface area contributed by atoms with Gasteiger partial charge in [-0.25, -0.2) is 0 Å². The molecule has 0 atom stereocenters. The average Bonchev–Trinajstić information content (AvgIpc) is 2.95. The first kappa shape index (κ1) is 16.5. The highest BCUT2D eigenvalue weighted by Crippen LogP contribution is 2.21. The van der Waals surface area contributed by atoms with Crippen LogP contribution in [0.25, 0.3) is 11.3 Å². The number of aromatic nitrogens is 4. The lowest BCUT2D eigenvalue weighted by molar-refractivity contribution is 0.0365. The molecule has 2 aliphatic rings. The summed E-state index contributed by atoms with van der Waals surface area (Å²) in [6, 6.07) is 4.81. The number of anilines is 1. The number of hydrogen-bond acceptors (Lipinski definition) is 6. The molecule has 0 spiro atoms. The van der Waals surface area contributed by atoms with Crippen molar-refractivity contribution in [2.75, 3.05) is 44.3 Å². The molecular formula is C18H26N6O. The van der Waals surface area contributed by atoms with Crippen molar-refractivity contribution in [2.45, 2.75) is 25.3 Å². The highest BCUT2D eigenvalue weighted by atomic mass is 16.5. The van der Waals surface area contributed by atoms with Crippen LogP contribution in [0.4, 0.5) is 5.82 Å². The van der Waals surface area contributed by atoms with Gasteiger partial charge in [0.05, 0.1) is 11.9 Å². The molecule has 4 heterocycles. The van der Waals surface area contributed by atoms with Crippen molar-refractivity contribution in [3.8, 4) is 11.3 Å². The van der Waals surface area contributed by atoms with E-state index in [2.05, 4.69) is 31.2 Å². The van der Waals surface area contributed by atoms with Crippen molar-refractivity contribution in [1.82, 2.24) is 24.9 Å². The van der Waals surface area contributed by atoms with E-state index in [0.29, 0.717) is 6.04 Å². The Kier molecular flexibility index (Phi) is 4.94. The van der Waals surface area contributed by atoms with Gasteiger partial charge < -0.3 is 9.64 Å². The Bertz CT molecular complexity index is 679. The van der Waals surface area contributed by atoms with Crippen LogP contribution in [0.1, 0.15) is 19.3 Å². The Labute approximate surface area is 148 Å². The van der Waals surface area contributed by atoms with Gasteiger partial charge >= 0.3 is 0 Å². The van der Waals surface area contributed by atoms with Crippen LogP contribution < -0.4 is 4.90 Å². The first-order valence-corrected chi connectivity index (χ1v) is 9.19. The van der Waals surface area contributed by atoms with Gasteiger partial charge in [0, 0.05) is 64.2 Å². The summed E-state index contributed by atoms with van der Waals surface area (Å²) in [5.41, 5.74) is 1.87. The molecule has 25 heavy (non-hydrogen) atoms. The van der Waals surface area contributed by atoms with Crippen molar-refractivity contribution in [3.05, 3.63) is 24.5 Å². The Balaban J connectivity index is 1.40. The maximum Gasteiger partial charge on any atom is 0.151 e. The standard InChI is InChI=1S/C18H26N6O/c1-22-14-15(13-19-22)17-3-4-18(21-20-17)24-8-2-7-23(9-10-24)16-5-11-25-12-6-16/h3-4,13-14,16H,2,5-12H2,1H3. The SMILES string of the molecule is Cn1cc(-c2ccc(N3CCCN(C4CCOCC4)CC3)nn2)cn1. The van der Waals surface area contributed by atoms with E-state index in [0.717, 1.165) is 49.9 Å². The highest BCUT2D eigenvalue weighted by Gasteiger charge is 2.24. The Hall–Kier alpha value is -1.99. The molecule has 7 heteroatoms. The summed E-state index contributed by atoms with van der Waals surface area (Å²) < 4.78 is 7.28. The molecule has 134 valence electrons. The molecule has 0 radical (unpaired) electrons. The van der Waals surface area contributed by atoms with Crippen LogP contribution in [0.3, 0.4) is 0 Å². The molecule has 2 aromatic rings. The van der Waals surface area contributed by atoms with Crippen LogP contribution in [0.5, 0.6) is 0 Å². The Morgan fingerprint density at radius 3 is 2.64 bits per heavy atom. The van der Waals surface area contributed by atoms with Crippen molar-refractivity contribution in [2.24, 2.45) is 7.05 Å². The maximum absolute atomic E-state index is 5.50. The van der Waals surface area contributed by atoms with Gasteiger partial charge in [-0.2, -0.15) is 5.10 Å². The van der Waals surface area contributed by atoms with E-state index in [4.69, 9.17) is 4.74 Å². The molecule has 0 amide bonds. The number of rotatable bonds is 3. The number of ether oxygens (including phenoxy) is 1. The van der Waals surface area contributed by atoms with Crippen LogP contribution in [-0.4, -0.2) is 70.3 Å². The molecule has 0 unspecified atom stereocenters. The minimum absolute atomic E-state index is 0.688. The topological polar surface area (TPSA) is 59.3 Å². The predicted octanol–water partition coefficient (Wildman–Crippen LogP) is 1.57. The molecule has 0 N–H and O–H groups in total. The van der Waals surface area contributed by atoms with Crippen molar-refractivity contribution >= 4 is 5.82 Å². The van der Waals surface area contributed by atoms with E-state index in [1.165, 1.54) is 25.8 Å². The molecule has 0 aliphatic carbocycles. The zero-order valence-corrected chi connectivity index (χ0v) is 14.8. The van der Waals surface area contributed by atoms with Crippen LogP contribution in [0, 0.1) is 0 Å².